The van der Waals surface area contributed by atoms with Crippen molar-refractivity contribution in [3.63, 3.8) is 0 Å². The molecule has 1 aromatic carbocycles. The highest BCUT2D eigenvalue weighted by atomic mass is 19.1. The lowest BCUT2D eigenvalue weighted by Crippen LogP contribution is -2.48. The summed E-state index contributed by atoms with van der Waals surface area (Å²) in [5, 5.41) is 2.86. The Bertz CT molecular complexity index is 613. The van der Waals surface area contributed by atoms with Gasteiger partial charge in [0.15, 0.2) is 0 Å². The molecule has 1 N–H and O–H groups in total. The molecule has 1 saturated heterocycles. The number of nitrogens with one attached hydrogen (secondary N) is 1. The van der Waals surface area contributed by atoms with Crippen LogP contribution in [-0.4, -0.2) is 35.1 Å². The molecule has 0 aliphatic carbocycles. The van der Waals surface area contributed by atoms with E-state index in [9.17, 15) is 14.0 Å². The number of hydrogen-bond donors (Lipinski definition) is 1. The molecular formula is C18H25FN2O3. The molecule has 132 valence electrons. The molecule has 0 bridgehead atoms. The van der Waals surface area contributed by atoms with Gasteiger partial charge in [0.25, 0.3) is 0 Å². The van der Waals surface area contributed by atoms with Gasteiger partial charge in [-0.3, -0.25) is 9.69 Å². The topological polar surface area (TPSA) is 58.6 Å². The molecule has 1 heterocycles. The molecule has 24 heavy (non-hydrogen) atoms. The fraction of sp³-hybridized carbons (Fsp3) is 0.556. The van der Waals surface area contributed by atoms with Crippen molar-refractivity contribution >= 4 is 12.0 Å². The van der Waals surface area contributed by atoms with Crippen LogP contribution in [0.2, 0.25) is 0 Å². The van der Waals surface area contributed by atoms with Crippen LogP contribution in [0.4, 0.5) is 9.18 Å². The number of nitrogens with zero attached hydrogens (tertiary/aromatic N) is 1. The van der Waals surface area contributed by atoms with Crippen molar-refractivity contribution in [1.29, 1.82) is 0 Å². The average molecular weight is 336 g/mol. The van der Waals surface area contributed by atoms with Gasteiger partial charge in [-0.25, -0.2) is 9.18 Å². The van der Waals surface area contributed by atoms with E-state index in [2.05, 4.69) is 5.32 Å². The summed E-state index contributed by atoms with van der Waals surface area (Å²) in [6.07, 6.45) is 0.880. The number of rotatable bonds is 3. The molecule has 6 heteroatoms. The predicted octanol–water partition coefficient (Wildman–Crippen LogP) is 3.40. The van der Waals surface area contributed by atoms with Crippen LogP contribution in [0.25, 0.3) is 0 Å². The standard InChI is InChI=1S/C18H25FN2O3/c1-12(13-7-5-8-14(19)11-13)20-16(22)15-9-6-10-21(15)17(23)24-18(2,3)4/h5,7-8,11-12,15H,6,9-10H2,1-4H3,(H,20,22)/t12-,15-/m1/s1. The van der Waals surface area contributed by atoms with E-state index in [1.165, 1.54) is 17.0 Å². The van der Waals surface area contributed by atoms with Crippen LogP contribution in [0.15, 0.2) is 24.3 Å². The largest absolute Gasteiger partial charge is 0.444 e. The minimum absolute atomic E-state index is 0.241. The minimum atomic E-state index is -0.602. The number of benzene rings is 1. The monoisotopic (exact) mass is 336 g/mol. The zero-order chi connectivity index (χ0) is 17.9. The highest BCUT2D eigenvalue weighted by molar-refractivity contribution is 5.86. The second kappa shape index (κ2) is 7.20. The first kappa shape index (κ1) is 18.2. The molecule has 0 radical (unpaired) electrons. The fourth-order valence-electron chi connectivity index (χ4n) is 2.75. The summed E-state index contributed by atoms with van der Waals surface area (Å²) >= 11 is 0. The normalized spacial score (nSPS) is 19.0. The second-order valence-electron chi connectivity index (χ2n) is 7.12. The molecule has 0 spiro atoms. The summed E-state index contributed by atoms with van der Waals surface area (Å²) in [6, 6.07) is 5.24. The molecule has 0 aromatic heterocycles. The molecule has 0 saturated carbocycles. The van der Waals surface area contributed by atoms with Crippen LogP contribution in [0.3, 0.4) is 0 Å². The first-order valence-electron chi connectivity index (χ1n) is 8.23. The molecule has 1 aliphatic heterocycles. The van der Waals surface area contributed by atoms with Crippen molar-refractivity contribution in [2.24, 2.45) is 0 Å². The molecular weight excluding hydrogens is 311 g/mol. The third kappa shape index (κ3) is 4.69. The summed E-state index contributed by atoms with van der Waals surface area (Å²) in [4.78, 5) is 26.3. The van der Waals surface area contributed by atoms with Crippen molar-refractivity contribution in [3.05, 3.63) is 35.6 Å². The Morgan fingerprint density at radius 1 is 1.38 bits per heavy atom. The summed E-state index contributed by atoms with van der Waals surface area (Å²) in [5.41, 5.74) is 0.0837. The second-order valence-corrected chi connectivity index (χ2v) is 7.12. The van der Waals surface area contributed by atoms with E-state index in [0.29, 0.717) is 18.5 Å². The molecule has 2 atom stereocenters. The Hall–Kier alpha value is -2.11. The molecule has 1 aromatic rings. The summed E-state index contributed by atoms with van der Waals surface area (Å²) in [6.45, 7) is 7.67. The van der Waals surface area contributed by atoms with E-state index in [1.54, 1.807) is 39.8 Å². The highest BCUT2D eigenvalue weighted by Gasteiger charge is 2.36. The lowest BCUT2D eigenvalue weighted by molar-refractivity contribution is -0.126. The first-order valence-corrected chi connectivity index (χ1v) is 8.23. The van der Waals surface area contributed by atoms with Crippen LogP contribution >= 0.6 is 0 Å². The molecule has 0 unspecified atom stereocenters. The fourth-order valence-corrected chi connectivity index (χ4v) is 2.75. The molecule has 1 aliphatic rings. The maximum absolute atomic E-state index is 13.3. The third-order valence-corrected chi connectivity index (χ3v) is 3.89. The lowest BCUT2D eigenvalue weighted by atomic mass is 10.1. The molecule has 2 amide bonds. The maximum atomic E-state index is 13.3. The van der Waals surface area contributed by atoms with Crippen LogP contribution < -0.4 is 5.32 Å². The van der Waals surface area contributed by atoms with Gasteiger partial charge in [-0.1, -0.05) is 12.1 Å². The lowest BCUT2D eigenvalue weighted by Gasteiger charge is -2.28. The van der Waals surface area contributed by atoms with Gasteiger partial charge < -0.3 is 10.1 Å². The molecule has 2 rings (SSSR count). The predicted molar refractivity (Wildman–Crippen MR) is 88.9 cm³/mol. The van der Waals surface area contributed by atoms with Crippen LogP contribution in [-0.2, 0) is 9.53 Å². The van der Waals surface area contributed by atoms with Gasteiger partial charge in [0.2, 0.25) is 5.91 Å². The number of carbonyl (C=O) groups excluding carboxylic acids is 2. The van der Waals surface area contributed by atoms with Gasteiger partial charge in [0.05, 0.1) is 6.04 Å². The molecule has 1 fully saturated rings. The summed E-state index contributed by atoms with van der Waals surface area (Å²) < 4.78 is 18.7. The number of halogens is 1. The Morgan fingerprint density at radius 2 is 2.08 bits per heavy atom. The summed E-state index contributed by atoms with van der Waals surface area (Å²) in [5.74, 6) is -0.583. The van der Waals surface area contributed by atoms with E-state index < -0.39 is 17.7 Å². The van der Waals surface area contributed by atoms with E-state index in [0.717, 1.165) is 6.42 Å². The van der Waals surface area contributed by atoms with E-state index in [1.807, 2.05) is 0 Å². The highest BCUT2D eigenvalue weighted by Crippen LogP contribution is 2.22. The van der Waals surface area contributed by atoms with Crippen molar-refractivity contribution in [3.8, 4) is 0 Å². The smallest absolute Gasteiger partial charge is 0.410 e. The zero-order valence-corrected chi connectivity index (χ0v) is 14.6. The van der Waals surface area contributed by atoms with Crippen LogP contribution in [0, 0.1) is 5.82 Å². The number of likely N-dealkylation sites (tertiary alicyclic amines) is 1. The van der Waals surface area contributed by atoms with Gasteiger partial charge in [-0.05, 0) is 58.2 Å². The van der Waals surface area contributed by atoms with Gasteiger partial charge in [0, 0.05) is 6.54 Å². The molecule has 5 nitrogen and oxygen atoms in total. The number of hydrogen-bond acceptors (Lipinski definition) is 3. The van der Waals surface area contributed by atoms with E-state index in [-0.39, 0.29) is 17.8 Å². The van der Waals surface area contributed by atoms with Gasteiger partial charge in [-0.2, -0.15) is 0 Å². The number of amides is 2. The average Bonchev–Trinajstić information content (AvgIpc) is 2.95. The zero-order valence-electron chi connectivity index (χ0n) is 14.6. The quantitative estimate of drug-likeness (QED) is 0.920. The van der Waals surface area contributed by atoms with E-state index >= 15 is 0 Å². The SMILES string of the molecule is C[C@@H](NC(=O)[C@H]1CCCN1C(=O)OC(C)(C)C)c1cccc(F)c1. The third-order valence-electron chi connectivity index (χ3n) is 3.89. The van der Waals surface area contributed by atoms with E-state index in [4.69, 9.17) is 4.74 Å². The van der Waals surface area contributed by atoms with Gasteiger partial charge >= 0.3 is 6.09 Å². The first-order chi connectivity index (χ1) is 11.2. The Morgan fingerprint density at radius 3 is 2.71 bits per heavy atom. The summed E-state index contributed by atoms with van der Waals surface area (Å²) in [7, 11) is 0. The Kier molecular flexibility index (Phi) is 5.47. The Labute approximate surface area is 142 Å². The van der Waals surface area contributed by atoms with Crippen LogP contribution in [0.1, 0.15) is 52.1 Å². The number of carbonyl (C=O) groups is 2. The van der Waals surface area contributed by atoms with Crippen molar-refractivity contribution in [2.75, 3.05) is 6.54 Å². The van der Waals surface area contributed by atoms with Gasteiger partial charge in [0.1, 0.15) is 17.5 Å². The van der Waals surface area contributed by atoms with Crippen molar-refractivity contribution < 1.29 is 18.7 Å². The maximum Gasteiger partial charge on any atom is 0.410 e. The minimum Gasteiger partial charge on any atom is -0.444 e. The van der Waals surface area contributed by atoms with Gasteiger partial charge in [-0.15, -0.1) is 0 Å². The Balaban J connectivity index is 2.01. The van der Waals surface area contributed by atoms with Crippen LogP contribution in [0.5, 0.6) is 0 Å². The van der Waals surface area contributed by atoms with Crippen molar-refractivity contribution in [2.45, 2.75) is 58.2 Å². The number of ether oxygens (including phenoxy) is 1. The van der Waals surface area contributed by atoms with Crippen molar-refractivity contribution in [1.82, 2.24) is 10.2 Å².